The summed E-state index contributed by atoms with van der Waals surface area (Å²) in [6, 6.07) is 4.80. The summed E-state index contributed by atoms with van der Waals surface area (Å²) in [6.45, 7) is 8.44. The number of amides is 3. The van der Waals surface area contributed by atoms with Crippen molar-refractivity contribution in [1.82, 2.24) is 20.0 Å². The topological polar surface area (TPSA) is 82.2 Å². The van der Waals surface area contributed by atoms with Crippen LogP contribution in [-0.2, 0) is 14.3 Å². The highest BCUT2D eigenvalue weighted by atomic mass is 19.1. The molecule has 1 aromatic rings. The van der Waals surface area contributed by atoms with Crippen LogP contribution in [-0.4, -0.2) is 78.0 Å². The number of carbonyl (C=O) groups excluding carboxylic acids is 3. The van der Waals surface area contributed by atoms with Gasteiger partial charge in [-0.1, -0.05) is 18.6 Å². The van der Waals surface area contributed by atoms with Crippen LogP contribution in [0.1, 0.15) is 51.6 Å². The molecule has 1 saturated heterocycles. The molecule has 0 spiro atoms. The summed E-state index contributed by atoms with van der Waals surface area (Å²) in [4.78, 5) is 44.8. The van der Waals surface area contributed by atoms with E-state index in [0.717, 1.165) is 19.3 Å². The molecular weight excluding hydrogens is 451 g/mol. The molecule has 4 rings (SSSR count). The number of hydrogen-bond donors (Lipinski definition) is 1. The maximum atomic E-state index is 14.0. The highest BCUT2D eigenvalue weighted by molar-refractivity contribution is 5.95. The van der Waals surface area contributed by atoms with E-state index in [4.69, 9.17) is 4.74 Å². The number of benzene rings is 1. The van der Waals surface area contributed by atoms with E-state index in [1.54, 1.807) is 24.0 Å². The van der Waals surface area contributed by atoms with Crippen molar-refractivity contribution in [3.05, 3.63) is 46.9 Å². The van der Waals surface area contributed by atoms with Crippen molar-refractivity contribution in [3.8, 4) is 0 Å². The zero-order valence-electron chi connectivity index (χ0n) is 20.8. The molecule has 190 valence electrons. The predicted molar refractivity (Wildman–Crippen MR) is 129 cm³/mol. The van der Waals surface area contributed by atoms with Crippen molar-refractivity contribution in [2.45, 2.75) is 52.1 Å². The number of halogens is 1. The number of likely N-dealkylation sites (N-methyl/N-ethyl adjacent to an activating group) is 1. The summed E-state index contributed by atoms with van der Waals surface area (Å²) in [5.74, 6) is -0.567. The molecule has 1 N–H and O–H groups in total. The largest absolute Gasteiger partial charge is 0.463 e. The molecular formula is C26H35FN4O4. The summed E-state index contributed by atoms with van der Waals surface area (Å²) in [5.41, 5.74) is 1.37. The van der Waals surface area contributed by atoms with Crippen LogP contribution in [0.25, 0.3) is 0 Å². The first-order valence-corrected chi connectivity index (χ1v) is 12.6. The molecule has 2 fully saturated rings. The Balaban J connectivity index is 1.63. The predicted octanol–water partition coefficient (Wildman–Crippen LogP) is 3.06. The molecule has 0 bridgehead atoms. The second-order valence-corrected chi connectivity index (χ2v) is 9.51. The van der Waals surface area contributed by atoms with E-state index in [2.05, 4.69) is 10.2 Å². The second-order valence-electron chi connectivity index (χ2n) is 9.51. The third-order valence-electron chi connectivity index (χ3n) is 7.25. The van der Waals surface area contributed by atoms with Crippen LogP contribution >= 0.6 is 0 Å². The molecule has 9 heteroatoms. The highest BCUT2D eigenvalue weighted by Gasteiger charge is 2.40. The van der Waals surface area contributed by atoms with Crippen LogP contribution in [0.4, 0.5) is 9.18 Å². The minimum Gasteiger partial charge on any atom is -0.463 e. The van der Waals surface area contributed by atoms with Gasteiger partial charge in [0, 0.05) is 50.4 Å². The van der Waals surface area contributed by atoms with E-state index >= 15 is 0 Å². The lowest BCUT2D eigenvalue weighted by atomic mass is 9.84. The second kappa shape index (κ2) is 10.8. The van der Waals surface area contributed by atoms with E-state index in [1.807, 2.05) is 18.7 Å². The third-order valence-corrected chi connectivity index (χ3v) is 7.25. The Bertz CT molecular complexity index is 1010. The van der Waals surface area contributed by atoms with Crippen molar-refractivity contribution in [1.29, 1.82) is 0 Å². The normalized spacial score (nSPS) is 23.7. The van der Waals surface area contributed by atoms with Gasteiger partial charge in [-0.05, 0) is 51.3 Å². The molecule has 8 nitrogen and oxygen atoms in total. The molecule has 3 amide bonds. The van der Waals surface area contributed by atoms with Gasteiger partial charge in [0.2, 0.25) is 5.91 Å². The van der Waals surface area contributed by atoms with Gasteiger partial charge >= 0.3 is 12.0 Å². The third kappa shape index (κ3) is 5.19. The molecule has 2 unspecified atom stereocenters. The van der Waals surface area contributed by atoms with Gasteiger partial charge in [0.25, 0.3) is 0 Å². The fourth-order valence-corrected chi connectivity index (χ4v) is 5.20. The lowest BCUT2D eigenvalue weighted by Crippen LogP contribution is -2.57. The van der Waals surface area contributed by atoms with Crippen molar-refractivity contribution < 1.29 is 23.5 Å². The Labute approximate surface area is 206 Å². The Morgan fingerprint density at radius 3 is 2.57 bits per heavy atom. The molecule has 2 atom stereocenters. The fraction of sp³-hybridized carbons (Fsp3) is 0.577. The van der Waals surface area contributed by atoms with Gasteiger partial charge in [0.1, 0.15) is 5.82 Å². The summed E-state index contributed by atoms with van der Waals surface area (Å²) in [7, 11) is 0. The van der Waals surface area contributed by atoms with Crippen LogP contribution in [0.3, 0.4) is 0 Å². The van der Waals surface area contributed by atoms with Crippen molar-refractivity contribution in [3.63, 3.8) is 0 Å². The van der Waals surface area contributed by atoms with Gasteiger partial charge in [-0.15, -0.1) is 0 Å². The van der Waals surface area contributed by atoms with E-state index in [9.17, 15) is 18.8 Å². The van der Waals surface area contributed by atoms with Gasteiger partial charge in [-0.25, -0.2) is 14.0 Å². The van der Waals surface area contributed by atoms with Crippen molar-refractivity contribution in [2.24, 2.45) is 5.92 Å². The smallest absolute Gasteiger partial charge is 0.338 e. The Hall–Kier alpha value is -2.94. The number of piperazine rings is 1. The van der Waals surface area contributed by atoms with E-state index in [0.29, 0.717) is 49.6 Å². The van der Waals surface area contributed by atoms with Gasteiger partial charge in [0.05, 0.1) is 18.2 Å². The monoisotopic (exact) mass is 486 g/mol. The first-order chi connectivity index (χ1) is 16.8. The molecule has 3 aliphatic rings. The number of nitrogens with zero attached hydrogens (tertiary/aromatic N) is 3. The van der Waals surface area contributed by atoms with E-state index in [1.165, 1.54) is 12.1 Å². The van der Waals surface area contributed by atoms with Gasteiger partial charge in [-0.3, -0.25) is 14.6 Å². The SMILES string of the molecule is CCOC(=O)C1=C(CN2CCN(C(=O)C3CCC3)C(C)C2)N(CC)C(=O)NC1c1cccc(F)c1. The van der Waals surface area contributed by atoms with Crippen molar-refractivity contribution in [2.75, 3.05) is 39.3 Å². The van der Waals surface area contributed by atoms with Crippen LogP contribution in [0, 0.1) is 11.7 Å². The Kier molecular flexibility index (Phi) is 7.74. The maximum Gasteiger partial charge on any atom is 0.338 e. The van der Waals surface area contributed by atoms with Crippen LogP contribution in [0.15, 0.2) is 35.5 Å². The number of ether oxygens (including phenoxy) is 1. The Morgan fingerprint density at radius 1 is 1.20 bits per heavy atom. The van der Waals surface area contributed by atoms with Crippen LogP contribution in [0.2, 0.25) is 0 Å². The zero-order valence-corrected chi connectivity index (χ0v) is 20.8. The minimum absolute atomic E-state index is 0.0370. The van der Waals surface area contributed by atoms with E-state index in [-0.39, 0.29) is 30.5 Å². The van der Waals surface area contributed by atoms with Crippen molar-refractivity contribution >= 4 is 17.9 Å². The molecule has 35 heavy (non-hydrogen) atoms. The van der Waals surface area contributed by atoms with Gasteiger partial charge in [-0.2, -0.15) is 0 Å². The maximum absolute atomic E-state index is 14.0. The standard InChI is InChI=1S/C26H35FN4O4/c1-4-30-21(16-29-12-13-31(17(3)15-29)24(32)18-8-6-9-18)22(25(33)35-5-2)23(28-26(30)34)19-10-7-11-20(27)14-19/h7,10-11,14,17-18,23H,4-6,8-9,12-13,15-16H2,1-3H3,(H,28,34). The number of esters is 1. The van der Waals surface area contributed by atoms with Crippen LogP contribution < -0.4 is 5.32 Å². The molecule has 2 heterocycles. The number of urea groups is 1. The lowest BCUT2D eigenvalue weighted by Gasteiger charge is -2.44. The molecule has 0 aromatic heterocycles. The van der Waals surface area contributed by atoms with Gasteiger partial charge < -0.3 is 15.0 Å². The Morgan fingerprint density at radius 2 is 1.97 bits per heavy atom. The number of hydrogen-bond acceptors (Lipinski definition) is 5. The quantitative estimate of drug-likeness (QED) is 0.599. The molecule has 1 aliphatic carbocycles. The van der Waals surface area contributed by atoms with Crippen LogP contribution in [0.5, 0.6) is 0 Å². The lowest BCUT2D eigenvalue weighted by molar-refractivity contribution is -0.142. The molecule has 1 aromatic carbocycles. The average Bonchev–Trinajstić information content (AvgIpc) is 2.78. The summed E-state index contributed by atoms with van der Waals surface area (Å²) >= 11 is 0. The summed E-state index contributed by atoms with van der Waals surface area (Å²) in [6.07, 6.45) is 3.07. The zero-order chi connectivity index (χ0) is 25.1. The minimum atomic E-state index is -0.811. The first-order valence-electron chi connectivity index (χ1n) is 12.6. The molecule has 2 aliphatic heterocycles. The first kappa shape index (κ1) is 25.2. The number of carbonyl (C=O) groups is 3. The molecule has 1 saturated carbocycles. The number of rotatable bonds is 7. The molecule has 0 radical (unpaired) electrons. The fourth-order valence-electron chi connectivity index (χ4n) is 5.20. The van der Waals surface area contributed by atoms with E-state index < -0.39 is 17.8 Å². The highest BCUT2D eigenvalue weighted by Crippen LogP contribution is 2.33. The van der Waals surface area contributed by atoms with Gasteiger partial charge in [0.15, 0.2) is 0 Å². The summed E-state index contributed by atoms with van der Waals surface area (Å²) in [5, 5.41) is 2.86. The number of nitrogens with one attached hydrogen (secondary N) is 1. The average molecular weight is 487 g/mol. The summed E-state index contributed by atoms with van der Waals surface area (Å²) < 4.78 is 19.4.